The van der Waals surface area contributed by atoms with Crippen molar-refractivity contribution in [3.8, 4) is 0 Å². The van der Waals surface area contributed by atoms with Gasteiger partial charge in [-0.05, 0) is 31.5 Å². The van der Waals surface area contributed by atoms with Crippen LogP contribution < -0.4 is 11.1 Å². The van der Waals surface area contributed by atoms with Crippen molar-refractivity contribution in [2.24, 2.45) is 0 Å². The Morgan fingerprint density at radius 2 is 2.17 bits per heavy atom. The monoisotopic (exact) mass is 184 g/mol. The van der Waals surface area contributed by atoms with Crippen molar-refractivity contribution in [3.63, 3.8) is 0 Å². The highest BCUT2D eigenvalue weighted by Crippen LogP contribution is 2.28. The lowest BCUT2D eigenvalue weighted by Crippen LogP contribution is -2.03. The van der Waals surface area contributed by atoms with E-state index in [1.165, 1.54) is 0 Å². The van der Waals surface area contributed by atoms with Gasteiger partial charge in [-0.2, -0.15) is 0 Å². The lowest BCUT2D eigenvalue weighted by atomic mass is 10.1. The molecule has 3 N–H and O–H groups in total. The third kappa shape index (κ3) is 1.64. The van der Waals surface area contributed by atoms with Crippen molar-refractivity contribution >= 4 is 23.0 Å². The predicted molar refractivity (Wildman–Crippen MR) is 54.8 cm³/mol. The van der Waals surface area contributed by atoms with Crippen LogP contribution in [-0.4, -0.2) is 6.54 Å². The van der Waals surface area contributed by atoms with Gasteiger partial charge in [-0.3, -0.25) is 0 Å². The van der Waals surface area contributed by atoms with Crippen LogP contribution in [0.4, 0.5) is 11.4 Å². The van der Waals surface area contributed by atoms with Gasteiger partial charge in [0.05, 0.1) is 11.4 Å². The molecule has 0 saturated carbocycles. The Bertz CT molecular complexity index is 284. The molecule has 0 atom stereocenters. The van der Waals surface area contributed by atoms with Gasteiger partial charge in [0.2, 0.25) is 0 Å². The van der Waals surface area contributed by atoms with Crippen molar-refractivity contribution in [1.29, 1.82) is 0 Å². The Morgan fingerprint density at radius 3 is 2.75 bits per heavy atom. The molecule has 1 aromatic carbocycles. The molecule has 0 radical (unpaired) electrons. The standard InChI is InChI=1S/C9H13ClN2/c1-3-12-9-6(2)7(10)4-5-8(9)11/h4-5,12H,3,11H2,1-2H3. The van der Waals surface area contributed by atoms with Gasteiger partial charge in [-0.25, -0.2) is 0 Å². The lowest BCUT2D eigenvalue weighted by Gasteiger charge is -2.11. The van der Waals surface area contributed by atoms with Crippen LogP contribution in [0.2, 0.25) is 5.02 Å². The zero-order chi connectivity index (χ0) is 9.14. The topological polar surface area (TPSA) is 38.0 Å². The molecule has 0 saturated heterocycles. The second kappa shape index (κ2) is 3.68. The van der Waals surface area contributed by atoms with Gasteiger partial charge in [0.15, 0.2) is 0 Å². The summed E-state index contributed by atoms with van der Waals surface area (Å²) in [7, 11) is 0. The Kier molecular flexibility index (Phi) is 2.82. The van der Waals surface area contributed by atoms with Crippen molar-refractivity contribution in [3.05, 3.63) is 22.7 Å². The molecule has 0 aliphatic rings. The average molecular weight is 185 g/mol. The second-order valence-corrected chi connectivity index (χ2v) is 3.07. The Balaban J connectivity index is 3.14. The fraction of sp³-hybridized carbons (Fsp3) is 0.333. The molecule has 0 amide bonds. The zero-order valence-corrected chi connectivity index (χ0v) is 8.07. The highest BCUT2D eigenvalue weighted by atomic mass is 35.5. The Hall–Kier alpha value is -0.890. The molecule has 0 aliphatic heterocycles. The third-order valence-electron chi connectivity index (χ3n) is 1.78. The van der Waals surface area contributed by atoms with Gasteiger partial charge >= 0.3 is 0 Å². The molecule has 0 aromatic heterocycles. The van der Waals surface area contributed by atoms with E-state index in [0.29, 0.717) is 0 Å². The number of rotatable bonds is 2. The summed E-state index contributed by atoms with van der Waals surface area (Å²) in [6.07, 6.45) is 0. The fourth-order valence-corrected chi connectivity index (χ4v) is 1.28. The normalized spacial score (nSPS) is 9.92. The zero-order valence-electron chi connectivity index (χ0n) is 7.32. The van der Waals surface area contributed by atoms with E-state index in [9.17, 15) is 0 Å². The number of benzene rings is 1. The second-order valence-electron chi connectivity index (χ2n) is 2.67. The predicted octanol–water partition coefficient (Wildman–Crippen LogP) is 2.66. The smallest absolute Gasteiger partial charge is 0.0618 e. The molecule has 0 unspecified atom stereocenters. The maximum atomic E-state index is 5.93. The molecule has 0 bridgehead atoms. The van der Waals surface area contributed by atoms with Gasteiger partial charge in [0.1, 0.15) is 0 Å². The first-order chi connectivity index (χ1) is 5.66. The molecular formula is C9H13ClN2. The summed E-state index contributed by atoms with van der Waals surface area (Å²) in [5, 5.41) is 3.93. The van der Waals surface area contributed by atoms with Crippen molar-refractivity contribution in [1.82, 2.24) is 0 Å². The van der Waals surface area contributed by atoms with Gasteiger partial charge in [0, 0.05) is 11.6 Å². The molecule has 2 nitrogen and oxygen atoms in total. The molecule has 0 fully saturated rings. The summed E-state index contributed by atoms with van der Waals surface area (Å²) in [4.78, 5) is 0. The van der Waals surface area contributed by atoms with Crippen LogP contribution in [0, 0.1) is 6.92 Å². The van der Waals surface area contributed by atoms with Gasteiger partial charge < -0.3 is 11.1 Å². The number of halogens is 1. The van der Waals surface area contributed by atoms with E-state index >= 15 is 0 Å². The highest BCUT2D eigenvalue weighted by molar-refractivity contribution is 6.31. The Labute approximate surface area is 77.7 Å². The molecule has 1 aromatic rings. The van der Waals surface area contributed by atoms with Gasteiger partial charge in [0.25, 0.3) is 0 Å². The minimum Gasteiger partial charge on any atom is -0.397 e. The number of nitrogen functional groups attached to an aromatic ring is 1. The number of hydrogen-bond donors (Lipinski definition) is 2. The maximum absolute atomic E-state index is 5.93. The highest BCUT2D eigenvalue weighted by Gasteiger charge is 2.04. The largest absolute Gasteiger partial charge is 0.397 e. The van der Waals surface area contributed by atoms with E-state index in [0.717, 1.165) is 28.5 Å². The summed E-state index contributed by atoms with van der Waals surface area (Å²) < 4.78 is 0. The SMILES string of the molecule is CCNc1c(N)ccc(Cl)c1C. The van der Waals surface area contributed by atoms with Crippen LogP contribution in [0.15, 0.2) is 12.1 Å². The minimum atomic E-state index is 0.749. The molecule has 12 heavy (non-hydrogen) atoms. The van der Waals surface area contributed by atoms with Gasteiger partial charge in [-0.1, -0.05) is 11.6 Å². The first-order valence-electron chi connectivity index (χ1n) is 3.95. The van der Waals surface area contributed by atoms with Crippen LogP contribution in [0.5, 0.6) is 0 Å². The molecular weight excluding hydrogens is 172 g/mol. The lowest BCUT2D eigenvalue weighted by molar-refractivity contribution is 1.20. The number of anilines is 2. The van der Waals surface area contributed by atoms with Crippen LogP contribution in [-0.2, 0) is 0 Å². The van der Waals surface area contributed by atoms with Crippen molar-refractivity contribution in [2.45, 2.75) is 13.8 Å². The first-order valence-corrected chi connectivity index (χ1v) is 4.33. The fourth-order valence-electron chi connectivity index (χ4n) is 1.12. The Morgan fingerprint density at radius 1 is 1.50 bits per heavy atom. The summed E-state index contributed by atoms with van der Waals surface area (Å²) in [5.41, 5.74) is 8.47. The van der Waals surface area contributed by atoms with Crippen LogP contribution in [0.25, 0.3) is 0 Å². The number of nitrogens with one attached hydrogen (secondary N) is 1. The van der Waals surface area contributed by atoms with Crippen LogP contribution in [0.1, 0.15) is 12.5 Å². The maximum Gasteiger partial charge on any atom is 0.0618 e. The summed E-state index contributed by atoms with van der Waals surface area (Å²) >= 11 is 5.93. The molecule has 0 spiro atoms. The number of hydrogen-bond acceptors (Lipinski definition) is 2. The van der Waals surface area contributed by atoms with E-state index in [4.69, 9.17) is 17.3 Å². The van der Waals surface area contributed by atoms with Gasteiger partial charge in [-0.15, -0.1) is 0 Å². The number of nitrogens with two attached hydrogens (primary N) is 1. The van der Waals surface area contributed by atoms with Crippen molar-refractivity contribution in [2.75, 3.05) is 17.6 Å². The minimum absolute atomic E-state index is 0.749. The van der Waals surface area contributed by atoms with Crippen molar-refractivity contribution < 1.29 is 0 Å². The first kappa shape index (κ1) is 9.20. The molecule has 0 heterocycles. The third-order valence-corrected chi connectivity index (χ3v) is 2.19. The van der Waals surface area contributed by atoms with Crippen LogP contribution in [0.3, 0.4) is 0 Å². The van der Waals surface area contributed by atoms with E-state index in [1.807, 2.05) is 26.0 Å². The van der Waals surface area contributed by atoms with E-state index in [-0.39, 0.29) is 0 Å². The molecule has 0 aliphatic carbocycles. The van der Waals surface area contributed by atoms with E-state index < -0.39 is 0 Å². The van der Waals surface area contributed by atoms with E-state index in [1.54, 1.807) is 0 Å². The quantitative estimate of drug-likeness (QED) is 0.694. The average Bonchev–Trinajstić information content (AvgIpc) is 2.06. The summed E-state index contributed by atoms with van der Waals surface area (Å²) in [6, 6.07) is 3.63. The molecule has 1 rings (SSSR count). The summed E-state index contributed by atoms with van der Waals surface area (Å²) in [6.45, 7) is 4.84. The molecule has 66 valence electrons. The van der Waals surface area contributed by atoms with Crippen LogP contribution >= 0.6 is 11.6 Å². The molecule has 3 heteroatoms. The van der Waals surface area contributed by atoms with E-state index in [2.05, 4.69) is 5.32 Å². The summed E-state index contributed by atoms with van der Waals surface area (Å²) in [5.74, 6) is 0.